The zero-order valence-electron chi connectivity index (χ0n) is 8.19. The smallest absolute Gasteiger partial charge is 0.235 e. The number of unbranched alkanes of at least 4 members (excludes halogenated alkanes) is 5. The summed E-state index contributed by atoms with van der Waals surface area (Å²) in [5.74, 6) is 0. The summed E-state index contributed by atoms with van der Waals surface area (Å²) in [6.07, 6.45) is 8.38. The van der Waals surface area contributed by atoms with Crippen molar-refractivity contribution in [1.29, 1.82) is 0 Å². The summed E-state index contributed by atoms with van der Waals surface area (Å²) in [6.45, 7) is 2.21. The van der Waals surface area contributed by atoms with Crippen LogP contribution >= 0.6 is 27.5 Å². The van der Waals surface area contributed by atoms with Gasteiger partial charge < -0.3 is 0 Å². The highest BCUT2D eigenvalue weighted by Crippen LogP contribution is 2.15. The molecule has 0 aliphatic carbocycles. The third-order valence-electron chi connectivity index (χ3n) is 2.06. The van der Waals surface area contributed by atoms with Crippen LogP contribution in [0.25, 0.3) is 0 Å². The molecule has 0 rings (SSSR count). The molecular weight excluding hydrogens is 251 g/mol. The van der Waals surface area contributed by atoms with Crippen LogP contribution in [0.2, 0.25) is 0 Å². The molecule has 0 heterocycles. The molecule has 0 spiro atoms. The molecule has 0 radical (unpaired) electrons. The van der Waals surface area contributed by atoms with E-state index in [9.17, 15) is 4.79 Å². The van der Waals surface area contributed by atoms with E-state index in [-0.39, 0.29) is 10.1 Å². The maximum atomic E-state index is 10.6. The van der Waals surface area contributed by atoms with Gasteiger partial charge >= 0.3 is 0 Å². The lowest BCUT2D eigenvalue weighted by molar-refractivity contribution is -0.111. The second-order valence-corrected chi connectivity index (χ2v) is 4.81. The summed E-state index contributed by atoms with van der Waals surface area (Å²) in [5.41, 5.74) is 0. The molecule has 78 valence electrons. The molecule has 1 atom stereocenters. The molecule has 1 nitrogen and oxygen atoms in total. The van der Waals surface area contributed by atoms with E-state index >= 15 is 0 Å². The first-order valence-electron chi connectivity index (χ1n) is 5.02. The Hall–Kier alpha value is 0.440. The van der Waals surface area contributed by atoms with E-state index in [0.717, 1.165) is 12.8 Å². The summed E-state index contributed by atoms with van der Waals surface area (Å²) in [6, 6.07) is 0. The zero-order chi connectivity index (χ0) is 10.1. The molecule has 0 N–H and O–H groups in total. The van der Waals surface area contributed by atoms with Crippen molar-refractivity contribution in [3.05, 3.63) is 0 Å². The predicted octanol–water partition coefficient (Wildman–Crippen LogP) is 4.27. The summed E-state index contributed by atoms with van der Waals surface area (Å²) < 4.78 is 0. The minimum absolute atomic E-state index is 0.139. The fraction of sp³-hybridized carbons (Fsp3) is 0.900. The molecule has 0 aromatic heterocycles. The lowest BCUT2D eigenvalue weighted by Crippen LogP contribution is -2.06. The predicted molar refractivity (Wildman–Crippen MR) is 61.6 cm³/mol. The Morgan fingerprint density at radius 1 is 1.23 bits per heavy atom. The largest absolute Gasteiger partial charge is 0.280 e. The summed E-state index contributed by atoms with van der Waals surface area (Å²) >= 11 is 8.55. The molecule has 0 aliphatic heterocycles. The minimum atomic E-state index is -0.270. The van der Waals surface area contributed by atoms with Crippen molar-refractivity contribution in [3.8, 4) is 0 Å². The highest BCUT2D eigenvalue weighted by Gasteiger charge is 2.10. The quantitative estimate of drug-likeness (QED) is 0.365. The van der Waals surface area contributed by atoms with Gasteiger partial charge in [-0.1, -0.05) is 61.4 Å². The van der Waals surface area contributed by atoms with E-state index in [1.165, 1.54) is 32.1 Å². The molecule has 0 bridgehead atoms. The third-order valence-corrected chi connectivity index (χ3v) is 3.46. The van der Waals surface area contributed by atoms with E-state index < -0.39 is 0 Å². The molecule has 3 heteroatoms. The fourth-order valence-electron chi connectivity index (χ4n) is 1.22. The normalized spacial score (nSPS) is 12.8. The van der Waals surface area contributed by atoms with Gasteiger partial charge in [-0.3, -0.25) is 4.79 Å². The standard InChI is InChI=1S/C10H18BrClO/c1-2-3-4-5-6-7-8-9(11)10(12)13/h9H,2-8H2,1H3. The molecular formula is C10H18BrClO. The Bertz CT molecular complexity index is 139. The van der Waals surface area contributed by atoms with Gasteiger partial charge in [0.05, 0.1) is 4.83 Å². The third kappa shape index (κ3) is 8.76. The van der Waals surface area contributed by atoms with Crippen molar-refractivity contribution >= 4 is 32.8 Å². The number of carbonyl (C=O) groups excluding carboxylic acids is 1. The molecule has 0 aromatic rings. The number of carbonyl (C=O) groups is 1. The molecule has 13 heavy (non-hydrogen) atoms. The maximum Gasteiger partial charge on any atom is 0.235 e. The Morgan fingerprint density at radius 2 is 1.77 bits per heavy atom. The summed E-state index contributed by atoms with van der Waals surface area (Å²) in [7, 11) is 0. The van der Waals surface area contributed by atoms with Gasteiger partial charge in [0.1, 0.15) is 0 Å². The monoisotopic (exact) mass is 268 g/mol. The van der Waals surface area contributed by atoms with Crippen molar-refractivity contribution < 1.29 is 4.79 Å². The van der Waals surface area contributed by atoms with E-state index in [0.29, 0.717) is 0 Å². The molecule has 0 fully saturated rings. The Labute approximate surface area is 94.4 Å². The molecule has 0 saturated carbocycles. The highest BCUT2D eigenvalue weighted by molar-refractivity contribution is 9.10. The number of halogens is 2. The number of rotatable bonds is 8. The lowest BCUT2D eigenvalue weighted by Gasteiger charge is -2.03. The molecule has 0 amide bonds. The topological polar surface area (TPSA) is 17.1 Å². The van der Waals surface area contributed by atoms with Crippen LogP contribution in [0.1, 0.15) is 51.9 Å². The van der Waals surface area contributed by atoms with Gasteiger partial charge in [0.2, 0.25) is 5.24 Å². The van der Waals surface area contributed by atoms with Crippen LogP contribution < -0.4 is 0 Å². The maximum absolute atomic E-state index is 10.6. The fourth-order valence-corrected chi connectivity index (χ4v) is 1.65. The molecule has 0 aromatic carbocycles. The first-order chi connectivity index (χ1) is 6.18. The van der Waals surface area contributed by atoms with Crippen molar-refractivity contribution in [2.45, 2.75) is 56.7 Å². The first-order valence-corrected chi connectivity index (χ1v) is 6.31. The number of hydrogen-bond donors (Lipinski definition) is 0. The van der Waals surface area contributed by atoms with Crippen molar-refractivity contribution in [2.75, 3.05) is 0 Å². The van der Waals surface area contributed by atoms with Crippen LogP contribution in [-0.4, -0.2) is 10.1 Å². The van der Waals surface area contributed by atoms with Crippen molar-refractivity contribution in [1.82, 2.24) is 0 Å². The second kappa shape index (κ2) is 9.01. The van der Waals surface area contributed by atoms with E-state index in [1.54, 1.807) is 0 Å². The second-order valence-electron chi connectivity index (χ2n) is 3.33. The van der Waals surface area contributed by atoms with E-state index in [4.69, 9.17) is 11.6 Å². The highest BCUT2D eigenvalue weighted by atomic mass is 79.9. The Balaban J connectivity index is 3.11. The van der Waals surface area contributed by atoms with Gasteiger partial charge in [0.15, 0.2) is 0 Å². The molecule has 1 unspecified atom stereocenters. The van der Waals surface area contributed by atoms with Crippen LogP contribution in [0.3, 0.4) is 0 Å². The van der Waals surface area contributed by atoms with Crippen LogP contribution in [0.4, 0.5) is 0 Å². The molecule has 0 saturated heterocycles. The molecule has 0 aliphatic rings. The van der Waals surface area contributed by atoms with Gasteiger partial charge in [-0.2, -0.15) is 0 Å². The number of hydrogen-bond acceptors (Lipinski definition) is 1. The minimum Gasteiger partial charge on any atom is -0.280 e. The SMILES string of the molecule is CCCCCCCCC(Br)C(=O)Cl. The Kier molecular flexibility index (Phi) is 9.32. The van der Waals surface area contributed by atoms with Gasteiger partial charge in [-0.15, -0.1) is 0 Å². The average molecular weight is 270 g/mol. The summed E-state index contributed by atoms with van der Waals surface area (Å²) in [5, 5.41) is -0.270. The lowest BCUT2D eigenvalue weighted by atomic mass is 10.1. The van der Waals surface area contributed by atoms with Gasteiger partial charge in [0, 0.05) is 0 Å². The van der Waals surface area contributed by atoms with Crippen molar-refractivity contribution in [2.24, 2.45) is 0 Å². The van der Waals surface area contributed by atoms with Gasteiger partial charge in [-0.05, 0) is 18.0 Å². The van der Waals surface area contributed by atoms with Crippen LogP contribution in [0.15, 0.2) is 0 Å². The average Bonchev–Trinajstić information content (AvgIpc) is 2.10. The van der Waals surface area contributed by atoms with Crippen molar-refractivity contribution in [3.63, 3.8) is 0 Å². The van der Waals surface area contributed by atoms with Gasteiger partial charge in [0.25, 0.3) is 0 Å². The van der Waals surface area contributed by atoms with Crippen LogP contribution in [-0.2, 0) is 4.79 Å². The van der Waals surface area contributed by atoms with E-state index in [2.05, 4.69) is 22.9 Å². The first kappa shape index (κ1) is 13.4. The summed E-state index contributed by atoms with van der Waals surface area (Å²) in [4.78, 5) is 10.5. The van der Waals surface area contributed by atoms with Crippen LogP contribution in [0.5, 0.6) is 0 Å². The Morgan fingerprint density at radius 3 is 2.31 bits per heavy atom. The number of alkyl halides is 1. The van der Waals surface area contributed by atoms with Crippen LogP contribution in [0, 0.1) is 0 Å². The van der Waals surface area contributed by atoms with Gasteiger partial charge in [-0.25, -0.2) is 0 Å². The zero-order valence-corrected chi connectivity index (χ0v) is 10.5. The van der Waals surface area contributed by atoms with E-state index in [1.807, 2.05) is 0 Å².